The molecule has 3 N–H and O–H groups in total. The van der Waals surface area contributed by atoms with Gasteiger partial charge in [0.1, 0.15) is 4.90 Å². The van der Waals surface area contributed by atoms with Crippen LogP contribution in [0, 0.1) is 5.92 Å². The van der Waals surface area contributed by atoms with Crippen molar-refractivity contribution >= 4 is 21.7 Å². The third kappa shape index (κ3) is 2.94. The highest BCUT2D eigenvalue weighted by Gasteiger charge is 2.32. The Hall–Kier alpha value is -1.45. The molecule has 0 radical (unpaired) electrons. The summed E-state index contributed by atoms with van der Waals surface area (Å²) in [5.41, 5.74) is 0. The molecule has 1 aromatic heterocycles. The fraction of sp³-hybridized carbons (Fsp3) is 0.600. The van der Waals surface area contributed by atoms with Gasteiger partial charge in [-0.2, -0.15) is 5.10 Å². The molecule has 0 aromatic carbocycles. The van der Waals surface area contributed by atoms with Crippen LogP contribution in [0.2, 0.25) is 0 Å². The molecule has 106 valence electrons. The van der Waals surface area contributed by atoms with E-state index in [1.54, 1.807) is 14.0 Å². The standard InChI is InChI=1S/C10H16N4O4S/c1-6-7(3-4-18-6)10(15)12-9-8(19(11,16)17)5-14(2)13-9/h5-7H,3-4H2,1-2H3,(H2,11,16,17)(H,12,13,15). The van der Waals surface area contributed by atoms with Crippen LogP contribution in [-0.4, -0.2) is 36.8 Å². The highest BCUT2D eigenvalue weighted by atomic mass is 32.2. The molecule has 1 aliphatic heterocycles. The quantitative estimate of drug-likeness (QED) is 0.772. The highest BCUT2D eigenvalue weighted by Crippen LogP contribution is 2.24. The molecule has 2 unspecified atom stereocenters. The first-order chi connectivity index (χ1) is 8.79. The minimum atomic E-state index is -3.92. The van der Waals surface area contributed by atoms with Gasteiger partial charge in [0.2, 0.25) is 15.9 Å². The molecule has 0 spiro atoms. The molecule has 1 aliphatic rings. The molecule has 2 heterocycles. The lowest BCUT2D eigenvalue weighted by Crippen LogP contribution is -2.28. The fourth-order valence-corrected chi connectivity index (χ4v) is 2.71. The third-order valence-electron chi connectivity index (χ3n) is 3.06. The van der Waals surface area contributed by atoms with Crippen molar-refractivity contribution in [3.05, 3.63) is 6.20 Å². The summed E-state index contributed by atoms with van der Waals surface area (Å²) in [5, 5.41) is 11.5. The number of carbonyl (C=O) groups excluding carboxylic acids is 1. The van der Waals surface area contributed by atoms with E-state index in [1.165, 1.54) is 10.9 Å². The van der Waals surface area contributed by atoms with Crippen molar-refractivity contribution < 1.29 is 17.9 Å². The first-order valence-corrected chi connectivity index (χ1v) is 7.32. The van der Waals surface area contributed by atoms with E-state index >= 15 is 0 Å². The summed E-state index contributed by atoms with van der Waals surface area (Å²) in [5.74, 6) is -0.668. The number of aryl methyl sites for hydroxylation is 1. The SMILES string of the molecule is CC1OCCC1C(=O)Nc1nn(C)cc1S(N)(=O)=O. The van der Waals surface area contributed by atoms with Crippen molar-refractivity contribution in [2.75, 3.05) is 11.9 Å². The number of nitrogens with one attached hydrogen (secondary N) is 1. The van der Waals surface area contributed by atoms with Gasteiger partial charge in [0.25, 0.3) is 0 Å². The van der Waals surface area contributed by atoms with Gasteiger partial charge in [0.05, 0.1) is 12.0 Å². The van der Waals surface area contributed by atoms with E-state index in [1.807, 2.05) is 0 Å². The Morgan fingerprint density at radius 1 is 1.63 bits per heavy atom. The van der Waals surface area contributed by atoms with Crippen molar-refractivity contribution in [3.63, 3.8) is 0 Å². The number of amides is 1. The zero-order chi connectivity index (χ0) is 14.2. The van der Waals surface area contributed by atoms with Gasteiger partial charge in [0, 0.05) is 19.9 Å². The first-order valence-electron chi connectivity index (χ1n) is 5.78. The summed E-state index contributed by atoms with van der Waals surface area (Å²) >= 11 is 0. The highest BCUT2D eigenvalue weighted by molar-refractivity contribution is 7.89. The predicted molar refractivity (Wildman–Crippen MR) is 66.7 cm³/mol. The second kappa shape index (κ2) is 4.91. The number of primary sulfonamides is 1. The fourth-order valence-electron chi connectivity index (χ4n) is 2.05. The van der Waals surface area contributed by atoms with Crippen LogP contribution >= 0.6 is 0 Å². The van der Waals surface area contributed by atoms with Gasteiger partial charge in [-0.3, -0.25) is 9.48 Å². The number of carbonyl (C=O) groups is 1. The van der Waals surface area contributed by atoms with E-state index < -0.39 is 10.0 Å². The van der Waals surface area contributed by atoms with Gasteiger partial charge in [-0.05, 0) is 13.3 Å². The largest absolute Gasteiger partial charge is 0.378 e. The van der Waals surface area contributed by atoms with Crippen LogP contribution in [0.15, 0.2) is 11.1 Å². The monoisotopic (exact) mass is 288 g/mol. The summed E-state index contributed by atoms with van der Waals surface area (Å²) in [6, 6.07) is 0. The van der Waals surface area contributed by atoms with Gasteiger partial charge in [-0.25, -0.2) is 13.6 Å². The van der Waals surface area contributed by atoms with Gasteiger partial charge in [0.15, 0.2) is 5.82 Å². The van der Waals surface area contributed by atoms with Gasteiger partial charge in [-0.15, -0.1) is 0 Å². The van der Waals surface area contributed by atoms with Gasteiger partial charge >= 0.3 is 0 Å². The summed E-state index contributed by atoms with van der Waals surface area (Å²) in [7, 11) is -2.38. The molecule has 1 aromatic rings. The number of sulfonamides is 1. The smallest absolute Gasteiger partial charge is 0.243 e. The van der Waals surface area contributed by atoms with Crippen molar-refractivity contribution in [3.8, 4) is 0 Å². The van der Waals surface area contributed by atoms with E-state index in [0.29, 0.717) is 13.0 Å². The number of ether oxygens (including phenoxy) is 1. The number of aromatic nitrogens is 2. The van der Waals surface area contributed by atoms with Crippen LogP contribution in [0.25, 0.3) is 0 Å². The van der Waals surface area contributed by atoms with Crippen LogP contribution in [0.3, 0.4) is 0 Å². The van der Waals surface area contributed by atoms with Crippen molar-refractivity contribution in [2.45, 2.75) is 24.3 Å². The Morgan fingerprint density at radius 2 is 2.32 bits per heavy atom. The number of anilines is 1. The lowest BCUT2D eigenvalue weighted by molar-refractivity contribution is -0.121. The molecular formula is C10H16N4O4S. The van der Waals surface area contributed by atoms with Crippen LogP contribution in [-0.2, 0) is 26.6 Å². The molecule has 19 heavy (non-hydrogen) atoms. The van der Waals surface area contributed by atoms with Crippen molar-refractivity contribution in [2.24, 2.45) is 18.1 Å². The molecule has 1 saturated heterocycles. The third-order valence-corrected chi connectivity index (χ3v) is 3.97. The Kier molecular flexibility index (Phi) is 3.61. The maximum atomic E-state index is 12.0. The second-order valence-corrected chi connectivity index (χ2v) is 6.05. The van der Waals surface area contributed by atoms with E-state index in [4.69, 9.17) is 9.88 Å². The van der Waals surface area contributed by atoms with E-state index in [0.717, 1.165) is 0 Å². The lowest BCUT2D eigenvalue weighted by atomic mass is 10.0. The Labute approximate surface area is 111 Å². The lowest BCUT2D eigenvalue weighted by Gasteiger charge is -2.13. The molecule has 2 atom stereocenters. The van der Waals surface area contributed by atoms with E-state index in [2.05, 4.69) is 10.4 Å². The minimum Gasteiger partial charge on any atom is -0.378 e. The maximum Gasteiger partial charge on any atom is 0.243 e. The maximum absolute atomic E-state index is 12.0. The zero-order valence-electron chi connectivity index (χ0n) is 10.7. The Balaban J connectivity index is 2.22. The van der Waals surface area contributed by atoms with Crippen molar-refractivity contribution in [1.29, 1.82) is 0 Å². The second-order valence-electron chi connectivity index (χ2n) is 4.52. The van der Waals surface area contributed by atoms with Crippen LogP contribution in [0.1, 0.15) is 13.3 Å². The summed E-state index contributed by atoms with van der Waals surface area (Å²) in [6.07, 6.45) is 1.66. The summed E-state index contributed by atoms with van der Waals surface area (Å²) in [4.78, 5) is 11.8. The van der Waals surface area contributed by atoms with Crippen LogP contribution in [0.4, 0.5) is 5.82 Å². The Bertz CT molecular complexity index is 595. The normalized spacial score (nSPS) is 23.5. The topological polar surface area (TPSA) is 116 Å². The number of rotatable bonds is 3. The molecule has 0 saturated carbocycles. The average molecular weight is 288 g/mol. The van der Waals surface area contributed by atoms with Gasteiger partial charge < -0.3 is 10.1 Å². The Morgan fingerprint density at radius 3 is 2.84 bits per heavy atom. The first kappa shape index (κ1) is 14.0. The number of nitrogens with two attached hydrogens (primary N) is 1. The molecule has 8 nitrogen and oxygen atoms in total. The van der Waals surface area contributed by atoms with E-state index in [9.17, 15) is 13.2 Å². The summed E-state index contributed by atoms with van der Waals surface area (Å²) < 4.78 is 29.3. The number of hydrogen-bond donors (Lipinski definition) is 2. The number of hydrogen-bond acceptors (Lipinski definition) is 5. The molecule has 2 rings (SSSR count). The minimum absolute atomic E-state index is 0.0471. The van der Waals surface area contributed by atoms with Crippen LogP contribution < -0.4 is 10.5 Å². The molecule has 9 heteroatoms. The molecule has 1 fully saturated rings. The molecule has 1 amide bonds. The predicted octanol–water partition coefficient (Wildman–Crippen LogP) is -0.569. The molecular weight excluding hydrogens is 272 g/mol. The molecule has 0 bridgehead atoms. The van der Waals surface area contributed by atoms with Crippen LogP contribution in [0.5, 0.6) is 0 Å². The van der Waals surface area contributed by atoms with E-state index in [-0.39, 0.29) is 28.6 Å². The van der Waals surface area contributed by atoms with Crippen molar-refractivity contribution in [1.82, 2.24) is 9.78 Å². The average Bonchev–Trinajstić information content (AvgIpc) is 2.84. The zero-order valence-corrected chi connectivity index (χ0v) is 11.5. The summed E-state index contributed by atoms with van der Waals surface area (Å²) in [6.45, 7) is 2.32. The molecule has 0 aliphatic carbocycles. The number of nitrogens with zero attached hydrogens (tertiary/aromatic N) is 2. The van der Waals surface area contributed by atoms with Gasteiger partial charge in [-0.1, -0.05) is 0 Å².